The van der Waals surface area contributed by atoms with Gasteiger partial charge in [0.15, 0.2) is 5.69 Å². The fourth-order valence-corrected chi connectivity index (χ4v) is 1.64. The zero-order valence-electron chi connectivity index (χ0n) is 11.1. The molecule has 20 heavy (non-hydrogen) atoms. The van der Waals surface area contributed by atoms with Crippen LogP contribution >= 0.6 is 0 Å². The van der Waals surface area contributed by atoms with E-state index < -0.39 is 5.97 Å². The van der Waals surface area contributed by atoms with Crippen molar-refractivity contribution in [3.8, 4) is 0 Å². The third-order valence-corrected chi connectivity index (χ3v) is 2.85. The van der Waals surface area contributed by atoms with Gasteiger partial charge in [0.05, 0.1) is 6.20 Å². The first-order chi connectivity index (χ1) is 9.45. The molecule has 2 rings (SSSR count). The van der Waals surface area contributed by atoms with Crippen molar-refractivity contribution in [2.75, 3.05) is 5.32 Å². The van der Waals surface area contributed by atoms with Crippen LogP contribution < -0.4 is 5.32 Å². The Hall–Kier alpha value is -2.70. The molecule has 0 aliphatic heterocycles. The quantitative estimate of drug-likeness (QED) is 0.874. The standard InChI is InChI=1S/C13H14N4O3/c1-8-3-4-10(5-9(8)2)14-12(18)7-17-6-11(13(19)20)15-16-17/h3-6H,7H2,1-2H3,(H,14,18)(H,19,20). The summed E-state index contributed by atoms with van der Waals surface area (Å²) in [5.41, 5.74) is 2.72. The summed E-state index contributed by atoms with van der Waals surface area (Å²) in [5.74, 6) is -1.47. The molecule has 0 fully saturated rings. The van der Waals surface area contributed by atoms with Crippen LogP contribution in [0.4, 0.5) is 5.69 Å². The molecular weight excluding hydrogens is 260 g/mol. The van der Waals surface area contributed by atoms with Crippen molar-refractivity contribution in [2.45, 2.75) is 20.4 Å². The van der Waals surface area contributed by atoms with E-state index in [0.29, 0.717) is 5.69 Å². The minimum Gasteiger partial charge on any atom is -0.476 e. The molecule has 0 radical (unpaired) electrons. The second-order valence-electron chi connectivity index (χ2n) is 4.45. The first-order valence-corrected chi connectivity index (χ1v) is 5.96. The van der Waals surface area contributed by atoms with Gasteiger partial charge in [-0.3, -0.25) is 4.79 Å². The summed E-state index contributed by atoms with van der Waals surface area (Å²) in [6.07, 6.45) is 1.21. The summed E-state index contributed by atoms with van der Waals surface area (Å²) in [5, 5.41) is 18.4. The molecule has 0 saturated heterocycles. The Bertz CT molecular complexity index is 663. The maximum atomic E-state index is 11.8. The van der Waals surface area contributed by atoms with Crippen molar-refractivity contribution in [1.29, 1.82) is 0 Å². The molecule has 1 aromatic carbocycles. The number of amides is 1. The van der Waals surface area contributed by atoms with Crippen molar-refractivity contribution in [3.63, 3.8) is 0 Å². The zero-order valence-corrected chi connectivity index (χ0v) is 11.1. The number of carbonyl (C=O) groups is 2. The molecule has 7 heteroatoms. The lowest BCUT2D eigenvalue weighted by molar-refractivity contribution is -0.116. The van der Waals surface area contributed by atoms with Crippen molar-refractivity contribution in [2.24, 2.45) is 0 Å². The second-order valence-corrected chi connectivity index (χ2v) is 4.45. The molecule has 0 bridgehead atoms. The van der Waals surface area contributed by atoms with E-state index in [1.165, 1.54) is 10.9 Å². The molecule has 1 aromatic heterocycles. The lowest BCUT2D eigenvalue weighted by atomic mass is 10.1. The molecule has 2 N–H and O–H groups in total. The van der Waals surface area contributed by atoms with Gasteiger partial charge in [0, 0.05) is 5.69 Å². The number of aryl methyl sites for hydroxylation is 2. The van der Waals surface area contributed by atoms with Crippen LogP contribution in [0.25, 0.3) is 0 Å². The van der Waals surface area contributed by atoms with E-state index >= 15 is 0 Å². The topological polar surface area (TPSA) is 97.1 Å². The van der Waals surface area contributed by atoms with Gasteiger partial charge in [-0.2, -0.15) is 0 Å². The van der Waals surface area contributed by atoms with Gasteiger partial charge in [0.25, 0.3) is 0 Å². The maximum absolute atomic E-state index is 11.8. The number of anilines is 1. The Labute approximate surface area is 115 Å². The number of hydrogen-bond donors (Lipinski definition) is 2. The average Bonchev–Trinajstić information content (AvgIpc) is 2.82. The number of rotatable bonds is 4. The van der Waals surface area contributed by atoms with Gasteiger partial charge in [-0.15, -0.1) is 5.10 Å². The van der Waals surface area contributed by atoms with Gasteiger partial charge in [-0.1, -0.05) is 11.3 Å². The zero-order chi connectivity index (χ0) is 14.7. The Balaban J connectivity index is 2.01. The van der Waals surface area contributed by atoms with Crippen LogP contribution in [-0.2, 0) is 11.3 Å². The normalized spacial score (nSPS) is 10.3. The molecule has 0 aliphatic rings. The van der Waals surface area contributed by atoms with Crippen LogP contribution in [0.1, 0.15) is 21.6 Å². The highest BCUT2D eigenvalue weighted by Gasteiger charge is 2.10. The van der Waals surface area contributed by atoms with Crippen LogP contribution in [0.3, 0.4) is 0 Å². The summed E-state index contributed by atoms with van der Waals surface area (Å²) in [4.78, 5) is 22.5. The van der Waals surface area contributed by atoms with E-state index in [9.17, 15) is 9.59 Å². The Morgan fingerprint density at radius 1 is 1.30 bits per heavy atom. The number of nitrogens with zero attached hydrogens (tertiary/aromatic N) is 3. The number of carbonyl (C=O) groups excluding carboxylic acids is 1. The number of aromatic nitrogens is 3. The number of carboxylic acids is 1. The van der Waals surface area contributed by atoms with E-state index in [-0.39, 0.29) is 18.1 Å². The fraction of sp³-hybridized carbons (Fsp3) is 0.231. The highest BCUT2D eigenvalue weighted by molar-refractivity contribution is 5.90. The lowest BCUT2D eigenvalue weighted by Gasteiger charge is -2.07. The number of aromatic carboxylic acids is 1. The SMILES string of the molecule is Cc1ccc(NC(=O)Cn2cc(C(=O)O)nn2)cc1C. The molecule has 104 valence electrons. The van der Waals surface area contributed by atoms with E-state index in [1.54, 1.807) is 0 Å². The lowest BCUT2D eigenvalue weighted by Crippen LogP contribution is -2.19. The van der Waals surface area contributed by atoms with E-state index in [4.69, 9.17) is 5.11 Å². The molecule has 7 nitrogen and oxygen atoms in total. The van der Waals surface area contributed by atoms with Crippen LogP contribution in [-0.4, -0.2) is 32.0 Å². The molecule has 0 atom stereocenters. The molecule has 0 saturated carbocycles. The van der Waals surface area contributed by atoms with Crippen molar-refractivity contribution < 1.29 is 14.7 Å². The van der Waals surface area contributed by atoms with Crippen LogP contribution in [0.15, 0.2) is 24.4 Å². The minimum atomic E-state index is -1.18. The van der Waals surface area contributed by atoms with Crippen LogP contribution in [0.2, 0.25) is 0 Å². The molecular formula is C13H14N4O3. The Morgan fingerprint density at radius 3 is 2.65 bits per heavy atom. The van der Waals surface area contributed by atoms with Gasteiger partial charge in [-0.25, -0.2) is 9.48 Å². The highest BCUT2D eigenvalue weighted by Crippen LogP contribution is 2.14. The maximum Gasteiger partial charge on any atom is 0.358 e. The van der Waals surface area contributed by atoms with Crippen molar-refractivity contribution in [3.05, 3.63) is 41.2 Å². The predicted molar refractivity (Wildman–Crippen MR) is 71.5 cm³/mol. The van der Waals surface area contributed by atoms with Gasteiger partial charge < -0.3 is 10.4 Å². The minimum absolute atomic E-state index is 0.0901. The first kappa shape index (κ1) is 13.7. The molecule has 1 amide bonds. The first-order valence-electron chi connectivity index (χ1n) is 5.96. The second kappa shape index (κ2) is 5.52. The number of nitrogens with one attached hydrogen (secondary N) is 1. The Morgan fingerprint density at radius 2 is 2.05 bits per heavy atom. The van der Waals surface area contributed by atoms with E-state index in [2.05, 4.69) is 15.6 Å². The van der Waals surface area contributed by atoms with Gasteiger partial charge in [0.1, 0.15) is 6.54 Å². The fourth-order valence-electron chi connectivity index (χ4n) is 1.64. The monoisotopic (exact) mass is 274 g/mol. The smallest absolute Gasteiger partial charge is 0.358 e. The largest absolute Gasteiger partial charge is 0.476 e. The van der Waals surface area contributed by atoms with Gasteiger partial charge >= 0.3 is 5.97 Å². The van der Waals surface area contributed by atoms with E-state index in [0.717, 1.165) is 11.1 Å². The van der Waals surface area contributed by atoms with Gasteiger partial charge in [0.2, 0.25) is 5.91 Å². The number of benzene rings is 1. The Kier molecular flexibility index (Phi) is 3.79. The number of carboxylic acid groups (broad SMARTS) is 1. The molecule has 0 spiro atoms. The number of hydrogen-bond acceptors (Lipinski definition) is 4. The summed E-state index contributed by atoms with van der Waals surface area (Å²) < 4.78 is 1.18. The molecule has 0 unspecified atom stereocenters. The van der Waals surface area contributed by atoms with Crippen molar-refractivity contribution >= 4 is 17.6 Å². The van der Waals surface area contributed by atoms with Crippen LogP contribution in [0.5, 0.6) is 0 Å². The predicted octanol–water partition coefficient (Wildman–Crippen LogP) is 1.23. The third kappa shape index (κ3) is 3.19. The van der Waals surface area contributed by atoms with E-state index in [1.807, 2.05) is 32.0 Å². The summed E-state index contributed by atoms with van der Waals surface area (Å²) in [7, 11) is 0. The summed E-state index contributed by atoms with van der Waals surface area (Å²) >= 11 is 0. The molecule has 2 aromatic rings. The van der Waals surface area contributed by atoms with Crippen molar-refractivity contribution in [1.82, 2.24) is 15.0 Å². The third-order valence-electron chi connectivity index (χ3n) is 2.85. The van der Waals surface area contributed by atoms with Crippen LogP contribution in [0, 0.1) is 13.8 Å². The van der Waals surface area contributed by atoms with Gasteiger partial charge in [-0.05, 0) is 37.1 Å². The molecule has 0 aliphatic carbocycles. The highest BCUT2D eigenvalue weighted by atomic mass is 16.4. The summed E-state index contributed by atoms with van der Waals surface area (Å²) in [6, 6.07) is 5.60. The summed E-state index contributed by atoms with van der Waals surface area (Å²) in [6.45, 7) is 3.86. The molecule has 1 heterocycles. The average molecular weight is 274 g/mol.